The van der Waals surface area contributed by atoms with Crippen LogP contribution in [0.2, 0.25) is 0 Å². The molecule has 1 saturated heterocycles. The van der Waals surface area contributed by atoms with Crippen LogP contribution in [-0.2, 0) is 15.5 Å². The second-order valence-corrected chi connectivity index (χ2v) is 8.86. The molecule has 1 aliphatic heterocycles. The van der Waals surface area contributed by atoms with Crippen LogP contribution >= 0.6 is 0 Å². The maximum absolute atomic E-state index is 15.5. The van der Waals surface area contributed by atoms with Crippen LogP contribution in [0.5, 0.6) is 0 Å². The Balaban J connectivity index is 1.57. The van der Waals surface area contributed by atoms with E-state index in [4.69, 9.17) is 10.5 Å². The van der Waals surface area contributed by atoms with Crippen molar-refractivity contribution in [1.82, 2.24) is 9.97 Å². The standard InChI is InChI=1S/C23H28F3N5O2/c1-22(25,26)16-6-4-15(5-7-16)17-12-33-11-10-31(17)20-18(24)19(29-14-30-20)28-13-23(21(27)32)8-2-3-9-23/h4-7,14,17H,2-3,8-13H2,1H3,(H2,27,32)(H,28,29,30). The van der Waals surface area contributed by atoms with Gasteiger partial charge in [0.25, 0.3) is 5.92 Å². The highest BCUT2D eigenvalue weighted by Crippen LogP contribution is 2.39. The number of carbonyl (C=O) groups is 1. The van der Waals surface area contributed by atoms with Crippen LogP contribution in [-0.4, -0.2) is 42.2 Å². The van der Waals surface area contributed by atoms with Crippen molar-refractivity contribution in [2.24, 2.45) is 11.1 Å². The molecule has 2 heterocycles. The van der Waals surface area contributed by atoms with Gasteiger partial charge in [0.2, 0.25) is 11.7 Å². The van der Waals surface area contributed by atoms with E-state index in [0.29, 0.717) is 31.6 Å². The smallest absolute Gasteiger partial charge is 0.270 e. The predicted molar refractivity (Wildman–Crippen MR) is 117 cm³/mol. The molecular weight excluding hydrogens is 435 g/mol. The average molecular weight is 464 g/mol. The van der Waals surface area contributed by atoms with E-state index in [0.717, 1.165) is 19.8 Å². The first kappa shape index (κ1) is 23.3. The number of aromatic nitrogens is 2. The third-order valence-electron chi connectivity index (χ3n) is 6.65. The summed E-state index contributed by atoms with van der Waals surface area (Å²) in [5.74, 6) is -3.89. The summed E-state index contributed by atoms with van der Waals surface area (Å²) in [5.41, 5.74) is 5.54. The van der Waals surface area contributed by atoms with Gasteiger partial charge in [-0.1, -0.05) is 37.1 Å². The van der Waals surface area contributed by atoms with Gasteiger partial charge in [-0.25, -0.2) is 18.7 Å². The summed E-state index contributed by atoms with van der Waals surface area (Å²) in [7, 11) is 0. The number of hydrogen-bond donors (Lipinski definition) is 2. The molecule has 1 aliphatic carbocycles. The van der Waals surface area contributed by atoms with Crippen LogP contribution < -0.4 is 16.0 Å². The Hall–Kier alpha value is -2.88. The zero-order chi connectivity index (χ0) is 23.6. The largest absolute Gasteiger partial charge is 0.377 e. The molecule has 2 fully saturated rings. The Morgan fingerprint density at radius 3 is 2.61 bits per heavy atom. The Bertz CT molecular complexity index is 991. The van der Waals surface area contributed by atoms with Crippen molar-refractivity contribution in [2.45, 2.75) is 44.6 Å². The Labute approximate surface area is 190 Å². The first-order valence-electron chi connectivity index (χ1n) is 11.1. The number of nitrogens with zero attached hydrogens (tertiary/aromatic N) is 3. The molecule has 3 N–H and O–H groups in total. The fourth-order valence-corrected chi connectivity index (χ4v) is 4.63. The highest BCUT2D eigenvalue weighted by molar-refractivity contribution is 5.81. The minimum absolute atomic E-state index is 0.00117. The monoisotopic (exact) mass is 463 g/mol. The Morgan fingerprint density at radius 1 is 1.27 bits per heavy atom. The van der Waals surface area contributed by atoms with Crippen molar-refractivity contribution in [3.63, 3.8) is 0 Å². The molecule has 1 saturated carbocycles. The van der Waals surface area contributed by atoms with E-state index >= 15 is 4.39 Å². The number of ether oxygens (including phenoxy) is 1. The molecule has 0 bridgehead atoms. The lowest BCUT2D eigenvalue weighted by atomic mass is 9.85. The summed E-state index contributed by atoms with van der Waals surface area (Å²) in [6.45, 7) is 2.05. The van der Waals surface area contributed by atoms with Crippen LogP contribution in [0.1, 0.15) is 49.8 Å². The van der Waals surface area contributed by atoms with Gasteiger partial charge in [-0.3, -0.25) is 4.79 Å². The number of carbonyl (C=O) groups excluding carboxylic acids is 1. The summed E-state index contributed by atoms with van der Waals surface area (Å²) in [5, 5.41) is 2.97. The molecule has 33 heavy (non-hydrogen) atoms. The average Bonchev–Trinajstić information content (AvgIpc) is 3.28. The maximum Gasteiger partial charge on any atom is 0.270 e. The first-order valence-corrected chi connectivity index (χ1v) is 11.1. The molecule has 178 valence electrons. The number of halogens is 3. The van der Waals surface area contributed by atoms with E-state index in [2.05, 4.69) is 15.3 Å². The minimum Gasteiger partial charge on any atom is -0.377 e. The highest BCUT2D eigenvalue weighted by Gasteiger charge is 2.40. The minimum atomic E-state index is -2.94. The number of rotatable bonds is 7. The van der Waals surface area contributed by atoms with Crippen LogP contribution in [0.25, 0.3) is 0 Å². The van der Waals surface area contributed by atoms with Gasteiger partial charge in [-0.2, -0.15) is 4.39 Å². The van der Waals surface area contributed by atoms with Gasteiger partial charge in [0.05, 0.1) is 24.7 Å². The quantitative estimate of drug-likeness (QED) is 0.650. The van der Waals surface area contributed by atoms with Crippen LogP contribution in [0, 0.1) is 11.2 Å². The number of morpholine rings is 1. The Morgan fingerprint density at radius 2 is 1.97 bits per heavy atom. The summed E-state index contributed by atoms with van der Waals surface area (Å²) >= 11 is 0. The number of anilines is 2. The number of benzene rings is 1. The van der Waals surface area contributed by atoms with Gasteiger partial charge in [-0.05, 0) is 18.4 Å². The number of hydrogen-bond acceptors (Lipinski definition) is 6. The second kappa shape index (κ2) is 9.17. The molecule has 7 nitrogen and oxygen atoms in total. The van der Waals surface area contributed by atoms with Crippen molar-refractivity contribution in [3.8, 4) is 0 Å². The van der Waals surface area contributed by atoms with Gasteiger partial charge in [0.15, 0.2) is 11.6 Å². The lowest BCUT2D eigenvalue weighted by molar-refractivity contribution is -0.126. The lowest BCUT2D eigenvalue weighted by Crippen LogP contribution is -2.41. The number of primary amides is 1. The van der Waals surface area contributed by atoms with Crippen LogP contribution in [0.3, 0.4) is 0 Å². The molecule has 1 atom stereocenters. The molecule has 1 aromatic heterocycles. The SMILES string of the molecule is CC(F)(F)c1ccc(C2COCCN2c2ncnc(NCC3(C(N)=O)CCCC3)c2F)cc1. The van der Waals surface area contributed by atoms with Crippen molar-refractivity contribution in [1.29, 1.82) is 0 Å². The molecule has 0 spiro atoms. The molecule has 2 aliphatic rings. The fourth-order valence-electron chi connectivity index (χ4n) is 4.63. The molecule has 1 unspecified atom stereocenters. The molecule has 2 aromatic rings. The van der Waals surface area contributed by atoms with E-state index in [1.165, 1.54) is 18.5 Å². The third-order valence-corrected chi connectivity index (χ3v) is 6.65. The fraction of sp³-hybridized carbons (Fsp3) is 0.522. The summed E-state index contributed by atoms with van der Waals surface area (Å²) in [6, 6.07) is 5.55. The maximum atomic E-state index is 15.5. The molecular formula is C23H28F3N5O2. The Kier molecular flexibility index (Phi) is 6.47. The highest BCUT2D eigenvalue weighted by atomic mass is 19.3. The molecule has 4 rings (SSSR count). The molecule has 1 amide bonds. The van der Waals surface area contributed by atoms with Gasteiger partial charge >= 0.3 is 0 Å². The van der Waals surface area contributed by atoms with Gasteiger partial charge in [0.1, 0.15) is 6.33 Å². The van der Waals surface area contributed by atoms with E-state index in [1.54, 1.807) is 17.0 Å². The summed E-state index contributed by atoms with van der Waals surface area (Å²) in [4.78, 5) is 22.0. The summed E-state index contributed by atoms with van der Waals surface area (Å²) in [6.07, 6.45) is 4.39. The van der Waals surface area contributed by atoms with Gasteiger partial charge in [0, 0.05) is 25.6 Å². The first-order chi connectivity index (χ1) is 15.7. The van der Waals surface area contributed by atoms with Crippen molar-refractivity contribution in [2.75, 3.05) is 36.5 Å². The number of nitrogens with one attached hydrogen (secondary N) is 1. The van der Waals surface area contributed by atoms with E-state index in [9.17, 15) is 13.6 Å². The zero-order valence-corrected chi connectivity index (χ0v) is 18.5. The van der Waals surface area contributed by atoms with Crippen molar-refractivity contribution >= 4 is 17.5 Å². The van der Waals surface area contributed by atoms with Crippen LogP contribution in [0.15, 0.2) is 30.6 Å². The van der Waals surface area contributed by atoms with Gasteiger partial charge < -0.3 is 20.7 Å². The normalized spacial score (nSPS) is 20.6. The number of amides is 1. The van der Waals surface area contributed by atoms with E-state index in [1.807, 2.05) is 0 Å². The molecule has 1 aromatic carbocycles. The van der Waals surface area contributed by atoms with E-state index in [-0.39, 0.29) is 30.4 Å². The van der Waals surface area contributed by atoms with E-state index < -0.39 is 29.1 Å². The zero-order valence-electron chi connectivity index (χ0n) is 18.5. The predicted octanol–water partition coefficient (Wildman–Crippen LogP) is 3.76. The summed E-state index contributed by atoms with van der Waals surface area (Å²) < 4.78 is 48.3. The van der Waals surface area contributed by atoms with Crippen molar-refractivity contribution < 1.29 is 22.7 Å². The second-order valence-electron chi connectivity index (χ2n) is 8.86. The lowest BCUT2D eigenvalue weighted by Gasteiger charge is -2.37. The molecule has 10 heteroatoms. The van der Waals surface area contributed by atoms with Crippen molar-refractivity contribution in [3.05, 3.63) is 47.5 Å². The number of nitrogens with two attached hydrogens (primary N) is 1. The topological polar surface area (TPSA) is 93.4 Å². The molecule has 0 radical (unpaired) electrons. The number of alkyl halides is 2. The van der Waals surface area contributed by atoms with Crippen LogP contribution in [0.4, 0.5) is 24.8 Å². The third kappa shape index (κ3) is 4.75. The van der Waals surface area contributed by atoms with Gasteiger partial charge in [-0.15, -0.1) is 0 Å².